The summed E-state index contributed by atoms with van der Waals surface area (Å²) in [7, 11) is 0. The Kier molecular flexibility index (Phi) is 6.18. The van der Waals surface area contributed by atoms with Crippen molar-refractivity contribution in [3.8, 4) is 0 Å². The summed E-state index contributed by atoms with van der Waals surface area (Å²) in [6.45, 7) is 2.59. The van der Waals surface area contributed by atoms with E-state index in [1.54, 1.807) is 23.1 Å². The zero-order chi connectivity index (χ0) is 23.7. The second kappa shape index (κ2) is 9.41. The molecule has 0 bridgehead atoms. The van der Waals surface area contributed by atoms with Crippen molar-refractivity contribution in [3.05, 3.63) is 76.3 Å². The summed E-state index contributed by atoms with van der Waals surface area (Å²) in [6, 6.07) is 16.0. The molecule has 3 atom stereocenters. The number of aromatic amines is 1. The number of benzene rings is 2. The third-order valence-electron chi connectivity index (χ3n) is 7.32. The summed E-state index contributed by atoms with van der Waals surface area (Å²) in [5.41, 5.74) is 1.02. The maximum absolute atomic E-state index is 13.8. The van der Waals surface area contributed by atoms with Gasteiger partial charge in [0.1, 0.15) is 11.9 Å². The number of fused-ring (bicyclic) bond motifs is 2. The SMILES string of the molecule is CCN(Cc1nc2ccccc2c(=O)[nH]1)C(=O)C1CC2CCCCC2N1C(=O)c1ccccc1. The van der Waals surface area contributed by atoms with Crippen molar-refractivity contribution in [1.82, 2.24) is 19.8 Å². The number of hydrogen-bond acceptors (Lipinski definition) is 4. The number of likely N-dealkylation sites (N-methyl/N-ethyl adjacent to an activating group) is 1. The van der Waals surface area contributed by atoms with Crippen LogP contribution in [0.3, 0.4) is 0 Å². The van der Waals surface area contributed by atoms with Gasteiger partial charge in [-0.3, -0.25) is 14.4 Å². The number of rotatable bonds is 5. The molecule has 176 valence electrons. The molecule has 1 aromatic heterocycles. The molecule has 7 heteroatoms. The van der Waals surface area contributed by atoms with Crippen LogP contribution < -0.4 is 5.56 Å². The number of para-hydroxylation sites is 1. The first kappa shape index (κ1) is 22.3. The van der Waals surface area contributed by atoms with Crippen LogP contribution in [0.25, 0.3) is 10.9 Å². The number of aromatic nitrogens is 2. The van der Waals surface area contributed by atoms with E-state index in [0.717, 1.165) is 25.7 Å². The molecule has 0 radical (unpaired) electrons. The lowest BCUT2D eigenvalue weighted by Crippen LogP contribution is -2.50. The molecular formula is C27H30N4O3. The molecule has 2 aliphatic rings. The van der Waals surface area contributed by atoms with Crippen LogP contribution in [-0.4, -0.2) is 50.2 Å². The van der Waals surface area contributed by atoms with E-state index < -0.39 is 6.04 Å². The Morgan fingerprint density at radius 3 is 2.59 bits per heavy atom. The van der Waals surface area contributed by atoms with Gasteiger partial charge in [-0.15, -0.1) is 0 Å². The quantitative estimate of drug-likeness (QED) is 0.631. The average Bonchev–Trinajstić information content (AvgIpc) is 3.26. The Labute approximate surface area is 198 Å². The van der Waals surface area contributed by atoms with Gasteiger partial charge in [-0.2, -0.15) is 0 Å². The van der Waals surface area contributed by atoms with Gasteiger partial charge in [0.15, 0.2) is 0 Å². The summed E-state index contributed by atoms with van der Waals surface area (Å²) in [4.78, 5) is 50.9. The van der Waals surface area contributed by atoms with E-state index in [-0.39, 0.29) is 30.0 Å². The number of nitrogens with zero attached hydrogens (tertiary/aromatic N) is 3. The number of carbonyl (C=O) groups is 2. The Hall–Kier alpha value is -3.48. The lowest BCUT2D eigenvalue weighted by molar-refractivity contribution is -0.136. The number of amides is 2. The maximum Gasteiger partial charge on any atom is 0.258 e. The first-order valence-electron chi connectivity index (χ1n) is 12.2. The second-order valence-electron chi connectivity index (χ2n) is 9.32. The number of carbonyl (C=O) groups excluding carboxylic acids is 2. The number of nitrogens with one attached hydrogen (secondary N) is 1. The van der Waals surface area contributed by atoms with Gasteiger partial charge in [-0.05, 0) is 56.4 Å². The third kappa shape index (κ3) is 4.11. The van der Waals surface area contributed by atoms with Gasteiger partial charge in [0.25, 0.3) is 11.5 Å². The van der Waals surface area contributed by atoms with Crippen LogP contribution in [0.2, 0.25) is 0 Å². The predicted octanol–water partition coefficient (Wildman–Crippen LogP) is 3.75. The Morgan fingerprint density at radius 1 is 1.06 bits per heavy atom. The molecule has 3 unspecified atom stereocenters. The minimum atomic E-state index is -0.493. The molecule has 7 nitrogen and oxygen atoms in total. The largest absolute Gasteiger partial charge is 0.334 e. The molecule has 5 rings (SSSR count). The fourth-order valence-corrected chi connectivity index (χ4v) is 5.65. The molecule has 1 saturated carbocycles. The Bertz CT molecular complexity index is 1260. The molecule has 2 aromatic carbocycles. The van der Waals surface area contributed by atoms with Gasteiger partial charge in [0, 0.05) is 18.2 Å². The first-order valence-corrected chi connectivity index (χ1v) is 12.2. The fraction of sp³-hybridized carbons (Fsp3) is 0.407. The summed E-state index contributed by atoms with van der Waals surface area (Å²) < 4.78 is 0. The van der Waals surface area contributed by atoms with Crippen molar-refractivity contribution >= 4 is 22.7 Å². The molecule has 1 N–H and O–H groups in total. The van der Waals surface area contributed by atoms with E-state index in [1.165, 1.54) is 0 Å². The molecule has 3 aromatic rings. The normalized spacial score (nSPS) is 21.9. The van der Waals surface area contributed by atoms with Gasteiger partial charge in [-0.1, -0.05) is 43.2 Å². The van der Waals surface area contributed by atoms with Crippen LogP contribution in [0.5, 0.6) is 0 Å². The minimum Gasteiger partial charge on any atom is -0.334 e. The van der Waals surface area contributed by atoms with Crippen molar-refractivity contribution in [1.29, 1.82) is 0 Å². The number of hydrogen-bond donors (Lipinski definition) is 1. The van der Waals surface area contributed by atoms with E-state index in [4.69, 9.17) is 0 Å². The number of H-pyrrole nitrogens is 1. The van der Waals surface area contributed by atoms with Crippen LogP contribution in [-0.2, 0) is 11.3 Å². The third-order valence-corrected chi connectivity index (χ3v) is 7.32. The van der Waals surface area contributed by atoms with Crippen LogP contribution in [0.1, 0.15) is 55.2 Å². The van der Waals surface area contributed by atoms with Crippen LogP contribution in [0.15, 0.2) is 59.4 Å². The van der Waals surface area contributed by atoms with Crippen molar-refractivity contribution in [2.45, 2.75) is 57.7 Å². The minimum absolute atomic E-state index is 0.0679. The molecule has 1 aliphatic heterocycles. The summed E-state index contributed by atoms with van der Waals surface area (Å²) in [6.07, 6.45) is 4.92. The fourth-order valence-electron chi connectivity index (χ4n) is 5.65. The summed E-state index contributed by atoms with van der Waals surface area (Å²) in [5.74, 6) is 0.668. The highest BCUT2D eigenvalue weighted by molar-refractivity contribution is 5.98. The zero-order valence-corrected chi connectivity index (χ0v) is 19.4. The van der Waals surface area contributed by atoms with Crippen molar-refractivity contribution in [3.63, 3.8) is 0 Å². The van der Waals surface area contributed by atoms with Crippen LogP contribution >= 0.6 is 0 Å². The first-order chi connectivity index (χ1) is 16.6. The lowest BCUT2D eigenvalue weighted by Gasteiger charge is -2.35. The van der Waals surface area contributed by atoms with Gasteiger partial charge in [0.05, 0.1) is 17.4 Å². The Balaban J connectivity index is 1.43. The molecule has 0 spiro atoms. The Morgan fingerprint density at radius 2 is 1.79 bits per heavy atom. The summed E-state index contributed by atoms with van der Waals surface area (Å²) in [5, 5.41) is 0.528. The highest BCUT2D eigenvalue weighted by Gasteiger charge is 2.48. The van der Waals surface area contributed by atoms with E-state index in [2.05, 4.69) is 9.97 Å². The zero-order valence-electron chi connectivity index (χ0n) is 19.4. The predicted molar refractivity (Wildman–Crippen MR) is 130 cm³/mol. The second-order valence-corrected chi connectivity index (χ2v) is 9.32. The monoisotopic (exact) mass is 458 g/mol. The number of likely N-dealkylation sites (tertiary alicyclic amines) is 1. The van der Waals surface area contributed by atoms with Gasteiger partial charge >= 0.3 is 0 Å². The van der Waals surface area contributed by atoms with Gasteiger partial charge < -0.3 is 14.8 Å². The van der Waals surface area contributed by atoms with E-state index >= 15 is 0 Å². The molecule has 1 aliphatic carbocycles. The van der Waals surface area contributed by atoms with Gasteiger partial charge in [-0.25, -0.2) is 4.98 Å². The van der Waals surface area contributed by atoms with Crippen LogP contribution in [0, 0.1) is 5.92 Å². The van der Waals surface area contributed by atoms with Crippen LogP contribution in [0.4, 0.5) is 0 Å². The highest BCUT2D eigenvalue weighted by atomic mass is 16.2. The smallest absolute Gasteiger partial charge is 0.258 e. The molecule has 2 heterocycles. The molecule has 2 fully saturated rings. The average molecular weight is 459 g/mol. The summed E-state index contributed by atoms with van der Waals surface area (Å²) >= 11 is 0. The van der Waals surface area contributed by atoms with Crippen molar-refractivity contribution in [2.75, 3.05) is 6.54 Å². The van der Waals surface area contributed by atoms with E-state index in [0.29, 0.717) is 41.2 Å². The van der Waals surface area contributed by atoms with Crippen molar-refractivity contribution < 1.29 is 9.59 Å². The maximum atomic E-state index is 13.8. The highest BCUT2D eigenvalue weighted by Crippen LogP contribution is 2.41. The van der Waals surface area contributed by atoms with E-state index in [9.17, 15) is 14.4 Å². The topological polar surface area (TPSA) is 86.4 Å². The molecular weight excluding hydrogens is 428 g/mol. The standard InChI is InChI=1S/C27H30N4O3/c1-2-30(17-24-28-21-14-8-7-13-20(21)25(32)29-24)27(34)23-16-19-12-6-9-15-22(19)31(23)26(33)18-10-4-3-5-11-18/h3-5,7-8,10-11,13-14,19,22-23H,2,6,9,12,15-17H2,1H3,(H,28,29,32). The lowest BCUT2D eigenvalue weighted by atomic mass is 9.84. The van der Waals surface area contributed by atoms with Gasteiger partial charge in [0.2, 0.25) is 5.91 Å². The molecule has 34 heavy (non-hydrogen) atoms. The van der Waals surface area contributed by atoms with E-state index in [1.807, 2.05) is 48.2 Å². The van der Waals surface area contributed by atoms with Crippen molar-refractivity contribution in [2.24, 2.45) is 5.92 Å². The molecule has 1 saturated heterocycles. The molecule has 2 amide bonds.